The minimum Gasteiger partial charge on any atom is -0.396 e. The third kappa shape index (κ3) is 3.85. The summed E-state index contributed by atoms with van der Waals surface area (Å²) in [5.74, 6) is 1.21. The first-order valence-electron chi connectivity index (χ1n) is 6.18. The predicted molar refractivity (Wildman–Crippen MR) is 81.4 cm³/mol. The Morgan fingerprint density at radius 3 is 2.65 bits per heavy atom. The number of aliphatic hydroxyl groups excluding tert-OH is 1. The number of H-pyrrole nitrogens is 1. The molecule has 0 unspecified atom stereocenters. The summed E-state index contributed by atoms with van der Waals surface area (Å²) < 4.78 is 0. The maximum Gasteiger partial charge on any atom is 0.254 e. The maximum atomic E-state index is 11.9. The van der Waals surface area contributed by atoms with Crippen LogP contribution < -0.4 is 5.56 Å². The maximum absolute atomic E-state index is 11.9. The number of nitrogens with one attached hydrogen (secondary N) is 1. The normalized spacial score (nSPS) is 10.8. The van der Waals surface area contributed by atoms with Gasteiger partial charge in [0.05, 0.1) is 5.75 Å². The number of aromatic nitrogens is 2. The van der Waals surface area contributed by atoms with E-state index in [1.165, 1.54) is 0 Å². The van der Waals surface area contributed by atoms with E-state index in [1.807, 2.05) is 24.3 Å². The van der Waals surface area contributed by atoms with Crippen molar-refractivity contribution in [3.05, 3.63) is 56.7 Å². The predicted octanol–water partition coefficient (Wildman–Crippen LogP) is 2.56. The van der Waals surface area contributed by atoms with Crippen LogP contribution in [0.25, 0.3) is 0 Å². The second-order valence-electron chi connectivity index (χ2n) is 4.29. The fraction of sp³-hybridized carbons (Fsp3) is 0.286. The number of aromatic amines is 1. The number of halogens is 1. The highest BCUT2D eigenvalue weighted by Crippen LogP contribution is 2.22. The Morgan fingerprint density at radius 1 is 1.35 bits per heavy atom. The van der Waals surface area contributed by atoms with Crippen LogP contribution in [-0.2, 0) is 12.2 Å². The van der Waals surface area contributed by atoms with Gasteiger partial charge in [0.25, 0.3) is 5.56 Å². The van der Waals surface area contributed by atoms with Gasteiger partial charge in [-0.25, -0.2) is 4.98 Å². The van der Waals surface area contributed by atoms with Crippen LogP contribution in [0.3, 0.4) is 0 Å². The van der Waals surface area contributed by atoms with E-state index in [9.17, 15) is 4.79 Å². The summed E-state index contributed by atoms with van der Waals surface area (Å²) in [5.41, 5.74) is 1.06. The van der Waals surface area contributed by atoms with Crippen LogP contribution in [-0.4, -0.2) is 21.7 Å². The lowest BCUT2D eigenvalue weighted by Crippen LogP contribution is -2.19. The van der Waals surface area contributed by atoms with Gasteiger partial charge in [-0.05, 0) is 31.2 Å². The second kappa shape index (κ2) is 6.92. The van der Waals surface area contributed by atoms with Gasteiger partial charge in [-0.1, -0.05) is 11.6 Å². The molecular weight excluding hydrogens is 296 g/mol. The molecule has 0 spiro atoms. The summed E-state index contributed by atoms with van der Waals surface area (Å²) >= 11 is 7.41. The highest BCUT2D eigenvalue weighted by molar-refractivity contribution is 7.98. The molecule has 0 radical (unpaired) electrons. The quantitative estimate of drug-likeness (QED) is 0.833. The van der Waals surface area contributed by atoms with Crippen LogP contribution >= 0.6 is 23.4 Å². The summed E-state index contributed by atoms with van der Waals surface area (Å²) in [5, 5.41) is 9.62. The van der Waals surface area contributed by atoms with E-state index in [0.717, 1.165) is 4.90 Å². The number of aryl methyl sites for hydroxylation is 1. The Labute approximate surface area is 126 Å². The highest BCUT2D eigenvalue weighted by Gasteiger charge is 2.08. The van der Waals surface area contributed by atoms with E-state index in [0.29, 0.717) is 34.3 Å². The van der Waals surface area contributed by atoms with E-state index in [2.05, 4.69) is 9.97 Å². The average molecular weight is 311 g/mol. The molecule has 0 atom stereocenters. The van der Waals surface area contributed by atoms with Crippen LogP contribution in [0.5, 0.6) is 0 Å². The lowest BCUT2D eigenvalue weighted by Gasteiger charge is -2.06. The minimum atomic E-state index is -0.168. The van der Waals surface area contributed by atoms with Gasteiger partial charge in [0.1, 0.15) is 5.82 Å². The molecule has 2 rings (SSSR count). The number of nitrogens with zero attached hydrogens (tertiary/aromatic N) is 1. The Balaban J connectivity index is 2.10. The van der Waals surface area contributed by atoms with Crippen LogP contribution in [0.4, 0.5) is 0 Å². The summed E-state index contributed by atoms with van der Waals surface area (Å²) in [4.78, 5) is 20.1. The van der Waals surface area contributed by atoms with Gasteiger partial charge < -0.3 is 10.1 Å². The van der Waals surface area contributed by atoms with Gasteiger partial charge in [0.2, 0.25) is 0 Å². The van der Waals surface area contributed by atoms with Crippen molar-refractivity contribution in [2.24, 2.45) is 0 Å². The molecule has 0 aliphatic carbocycles. The number of hydrogen-bond acceptors (Lipinski definition) is 4. The van der Waals surface area contributed by atoms with Gasteiger partial charge in [-0.2, -0.15) is 0 Å². The average Bonchev–Trinajstić information content (AvgIpc) is 2.42. The van der Waals surface area contributed by atoms with E-state index in [4.69, 9.17) is 16.7 Å². The number of thioether (sulfide) groups is 1. The standard InChI is InChI=1S/C14H15ClN2O2S/c1-9-12(6-7-18)14(19)17-13(16-9)8-20-11-4-2-10(15)3-5-11/h2-5,18H,6-8H2,1H3,(H,16,17,19). The third-order valence-corrected chi connectivity index (χ3v) is 4.10. The largest absolute Gasteiger partial charge is 0.396 e. The first-order valence-corrected chi connectivity index (χ1v) is 7.54. The molecule has 1 aromatic carbocycles. The third-order valence-electron chi connectivity index (χ3n) is 2.82. The first-order chi connectivity index (χ1) is 9.60. The number of rotatable bonds is 5. The van der Waals surface area contributed by atoms with E-state index in [1.54, 1.807) is 18.7 Å². The highest BCUT2D eigenvalue weighted by atomic mass is 35.5. The molecule has 0 bridgehead atoms. The Bertz CT molecular complexity index is 641. The van der Waals surface area contributed by atoms with E-state index < -0.39 is 0 Å². The van der Waals surface area contributed by atoms with Crippen molar-refractivity contribution in [2.45, 2.75) is 24.0 Å². The molecule has 0 saturated carbocycles. The lowest BCUT2D eigenvalue weighted by atomic mass is 10.2. The molecule has 0 aliphatic rings. The molecule has 2 aromatic rings. The Hall–Kier alpha value is -1.30. The van der Waals surface area contributed by atoms with Crippen LogP contribution in [0.1, 0.15) is 17.1 Å². The molecular formula is C14H15ClN2O2S. The topological polar surface area (TPSA) is 66.0 Å². The van der Waals surface area contributed by atoms with Crippen LogP contribution in [0, 0.1) is 6.92 Å². The van der Waals surface area contributed by atoms with Crippen LogP contribution in [0.15, 0.2) is 34.0 Å². The number of aliphatic hydroxyl groups is 1. The number of hydrogen-bond donors (Lipinski definition) is 2. The van der Waals surface area contributed by atoms with Gasteiger partial charge in [-0.3, -0.25) is 4.79 Å². The van der Waals surface area contributed by atoms with Crippen molar-refractivity contribution < 1.29 is 5.11 Å². The summed E-state index contributed by atoms with van der Waals surface area (Å²) in [6.45, 7) is 1.74. The smallest absolute Gasteiger partial charge is 0.254 e. The molecule has 6 heteroatoms. The van der Waals surface area contributed by atoms with E-state index >= 15 is 0 Å². The zero-order valence-corrected chi connectivity index (χ0v) is 12.6. The number of benzene rings is 1. The molecule has 106 valence electrons. The van der Waals surface area contributed by atoms with Crippen molar-refractivity contribution >= 4 is 23.4 Å². The van der Waals surface area contributed by atoms with E-state index in [-0.39, 0.29) is 12.2 Å². The molecule has 0 aliphatic heterocycles. The van der Waals surface area contributed by atoms with Crippen molar-refractivity contribution in [1.29, 1.82) is 0 Å². The molecule has 0 amide bonds. The van der Waals surface area contributed by atoms with Gasteiger partial charge in [-0.15, -0.1) is 11.8 Å². The van der Waals surface area contributed by atoms with Crippen molar-refractivity contribution in [1.82, 2.24) is 9.97 Å². The SMILES string of the molecule is Cc1nc(CSc2ccc(Cl)cc2)[nH]c(=O)c1CCO. The summed E-state index contributed by atoms with van der Waals surface area (Å²) in [7, 11) is 0. The zero-order valence-electron chi connectivity index (χ0n) is 11.0. The van der Waals surface area contributed by atoms with Crippen molar-refractivity contribution in [3.63, 3.8) is 0 Å². The van der Waals surface area contributed by atoms with Crippen molar-refractivity contribution in [3.8, 4) is 0 Å². The fourth-order valence-electron chi connectivity index (χ4n) is 1.83. The fourth-order valence-corrected chi connectivity index (χ4v) is 2.72. The molecule has 20 heavy (non-hydrogen) atoms. The molecule has 0 saturated heterocycles. The minimum absolute atomic E-state index is 0.0511. The summed E-state index contributed by atoms with van der Waals surface area (Å²) in [6, 6.07) is 7.52. The van der Waals surface area contributed by atoms with Gasteiger partial charge in [0, 0.05) is 34.2 Å². The molecule has 1 aromatic heterocycles. The van der Waals surface area contributed by atoms with Gasteiger partial charge in [0.15, 0.2) is 0 Å². The molecule has 0 fully saturated rings. The summed E-state index contributed by atoms with van der Waals surface area (Å²) in [6.07, 6.45) is 0.332. The Kier molecular flexibility index (Phi) is 5.23. The monoisotopic (exact) mass is 310 g/mol. The van der Waals surface area contributed by atoms with Crippen LogP contribution in [0.2, 0.25) is 5.02 Å². The zero-order chi connectivity index (χ0) is 14.5. The lowest BCUT2D eigenvalue weighted by molar-refractivity contribution is 0.298. The molecule has 1 heterocycles. The molecule has 2 N–H and O–H groups in total. The second-order valence-corrected chi connectivity index (χ2v) is 5.78. The van der Waals surface area contributed by atoms with Gasteiger partial charge >= 0.3 is 0 Å². The van der Waals surface area contributed by atoms with Crippen molar-refractivity contribution in [2.75, 3.05) is 6.61 Å². The molecule has 4 nitrogen and oxygen atoms in total. The Morgan fingerprint density at radius 2 is 2.05 bits per heavy atom. The first kappa shape index (κ1) is 15.1.